The third-order valence-corrected chi connectivity index (χ3v) is 4.95. The van der Waals surface area contributed by atoms with Gasteiger partial charge in [-0.1, -0.05) is 13.8 Å². The van der Waals surface area contributed by atoms with Gasteiger partial charge in [0.05, 0.1) is 4.90 Å². The van der Waals surface area contributed by atoms with Gasteiger partial charge in [0, 0.05) is 28.8 Å². The lowest BCUT2D eigenvalue weighted by Crippen LogP contribution is -2.34. The molecule has 116 valence electrons. The van der Waals surface area contributed by atoms with Crippen molar-refractivity contribution in [3.63, 3.8) is 0 Å². The molecule has 2 rings (SSSR count). The molecule has 4 nitrogen and oxygen atoms in total. The number of benzene rings is 1. The van der Waals surface area contributed by atoms with Gasteiger partial charge in [-0.05, 0) is 49.4 Å². The molecule has 1 aliphatic carbocycles. The average Bonchev–Trinajstić information content (AvgIpc) is 3.22. The molecule has 0 saturated heterocycles. The Labute approximate surface area is 130 Å². The van der Waals surface area contributed by atoms with Crippen molar-refractivity contribution in [1.29, 1.82) is 0 Å². The maximum absolute atomic E-state index is 12.5. The number of nitrogens with zero attached hydrogens (tertiary/aromatic N) is 1. The van der Waals surface area contributed by atoms with Crippen LogP contribution in [0.5, 0.6) is 0 Å². The summed E-state index contributed by atoms with van der Waals surface area (Å²) in [6.07, 6.45) is 3.08. The minimum atomic E-state index is -3.74. The Kier molecular flexibility index (Phi) is 4.94. The van der Waals surface area contributed by atoms with Crippen molar-refractivity contribution < 1.29 is 13.2 Å². The molecular formula is C15H20ClNO3S. The van der Waals surface area contributed by atoms with Gasteiger partial charge in [-0.25, -0.2) is 8.42 Å². The number of carbonyl (C=O) groups is 1. The standard InChI is InChI=1S/C15H20ClNO3S/c1-11(2)9-10-17(13-5-6-13)15(18)12-3-7-14(8-4-12)21(16,19)20/h3-4,7-8,11,13H,5-6,9-10H2,1-2H3. The normalized spacial score (nSPS) is 15.2. The van der Waals surface area contributed by atoms with E-state index in [-0.39, 0.29) is 10.8 Å². The van der Waals surface area contributed by atoms with Crippen molar-refractivity contribution in [2.45, 2.75) is 44.0 Å². The number of hydrogen-bond acceptors (Lipinski definition) is 3. The van der Waals surface area contributed by atoms with Crippen LogP contribution < -0.4 is 0 Å². The molecule has 1 amide bonds. The monoisotopic (exact) mass is 329 g/mol. The van der Waals surface area contributed by atoms with Crippen LogP contribution in [0.4, 0.5) is 0 Å². The van der Waals surface area contributed by atoms with Crippen LogP contribution >= 0.6 is 10.7 Å². The molecule has 0 radical (unpaired) electrons. The first-order chi connectivity index (χ1) is 9.79. The van der Waals surface area contributed by atoms with Crippen molar-refractivity contribution in [2.75, 3.05) is 6.54 Å². The summed E-state index contributed by atoms with van der Waals surface area (Å²) < 4.78 is 22.4. The van der Waals surface area contributed by atoms with Crippen LogP contribution in [-0.4, -0.2) is 31.8 Å². The summed E-state index contributed by atoms with van der Waals surface area (Å²) in [4.78, 5) is 14.5. The largest absolute Gasteiger partial charge is 0.336 e. The Morgan fingerprint density at radius 2 is 1.86 bits per heavy atom. The van der Waals surface area contributed by atoms with E-state index in [1.54, 1.807) is 0 Å². The molecule has 1 aromatic carbocycles. The molecule has 0 heterocycles. The Hall–Kier alpha value is -1.07. The summed E-state index contributed by atoms with van der Waals surface area (Å²) in [6, 6.07) is 6.16. The van der Waals surface area contributed by atoms with Crippen molar-refractivity contribution in [2.24, 2.45) is 5.92 Å². The minimum absolute atomic E-state index is 0.0147. The summed E-state index contributed by atoms with van der Waals surface area (Å²) >= 11 is 0. The fraction of sp³-hybridized carbons (Fsp3) is 0.533. The van der Waals surface area contributed by atoms with Gasteiger partial charge in [-0.3, -0.25) is 4.79 Å². The highest BCUT2D eigenvalue weighted by molar-refractivity contribution is 8.13. The van der Waals surface area contributed by atoms with Gasteiger partial charge < -0.3 is 4.90 Å². The van der Waals surface area contributed by atoms with Gasteiger partial charge in [0.1, 0.15) is 0 Å². The topological polar surface area (TPSA) is 54.5 Å². The lowest BCUT2D eigenvalue weighted by molar-refractivity contribution is 0.0735. The molecule has 6 heteroatoms. The molecular weight excluding hydrogens is 310 g/mol. The molecule has 0 N–H and O–H groups in total. The fourth-order valence-corrected chi connectivity index (χ4v) is 2.93. The molecule has 1 aromatic rings. The van der Waals surface area contributed by atoms with Gasteiger partial charge in [-0.15, -0.1) is 0 Å². The maximum atomic E-state index is 12.5. The smallest absolute Gasteiger partial charge is 0.261 e. The van der Waals surface area contributed by atoms with Gasteiger partial charge in [0.2, 0.25) is 0 Å². The van der Waals surface area contributed by atoms with Crippen molar-refractivity contribution in [1.82, 2.24) is 4.90 Å². The average molecular weight is 330 g/mol. The zero-order chi connectivity index (χ0) is 15.6. The van der Waals surface area contributed by atoms with Gasteiger partial charge in [-0.2, -0.15) is 0 Å². The Balaban J connectivity index is 2.13. The molecule has 1 saturated carbocycles. The lowest BCUT2D eigenvalue weighted by Gasteiger charge is -2.23. The second kappa shape index (κ2) is 6.36. The van der Waals surface area contributed by atoms with Crippen LogP contribution in [0.15, 0.2) is 29.2 Å². The SMILES string of the molecule is CC(C)CCN(C(=O)c1ccc(S(=O)(=O)Cl)cc1)C1CC1. The molecule has 1 fully saturated rings. The summed E-state index contributed by atoms with van der Waals surface area (Å²) in [5.41, 5.74) is 0.509. The summed E-state index contributed by atoms with van der Waals surface area (Å²) in [5.74, 6) is 0.513. The van der Waals surface area contributed by atoms with Crippen molar-refractivity contribution >= 4 is 25.6 Å². The zero-order valence-electron chi connectivity index (χ0n) is 12.3. The van der Waals surface area contributed by atoms with Crippen LogP contribution in [-0.2, 0) is 9.05 Å². The molecule has 1 aliphatic rings. The summed E-state index contributed by atoms with van der Waals surface area (Å²) in [6.45, 7) is 5.02. The molecule has 0 aromatic heterocycles. The summed E-state index contributed by atoms with van der Waals surface area (Å²) in [5, 5.41) is 0. The van der Waals surface area contributed by atoms with E-state index in [0.717, 1.165) is 25.8 Å². The molecule has 0 atom stereocenters. The molecule has 0 aliphatic heterocycles. The number of rotatable bonds is 6. The minimum Gasteiger partial charge on any atom is -0.336 e. The quantitative estimate of drug-likeness (QED) is 0.753. The first-order valence-corrected chi connectivity index (χ1v) is 9.45. The summed E-state index contributed by atoms with van der Waals surface area (Å²) in [7, 11) is 1.53. The van der Waals surface area contributed by atoms with Crippen molar-refractivity contribution in [3.8, 4) is 0 Å². The van der Waals surface area contributed by atoms with Gasteiger partial charge >= 0.3 is 0 Å². The third kappa shape index (κ3) is 4.45. The van der Waals surface area contributed by atoms with Crippen LogP contribution in [0, 0.1) is 5.92 Å². The van der Waals surface area contributed by atoms with Gasteiger partial charge in [0.15, 0.2) is 0 Å². The number of hydrogen-bond donors (Lipinski definition) is 0. The Bertz CT molecular complexity index is 606. The second-order valence-electron chi connectivity index (χ2n) is 5.87. The van der Waals surface area contributed by atoms with Crippen LogP contribution in [0.3, 0.4) is 0 Å². The number of halogens is 1. The second-order valence-corrected chi connectivity index (χ2v) is 8.44. The van der Waals surface area contributed by atoms with Crippen LogP contribution in [0.1, 0.15) is 43.5 Å². The third-order valence-electron chi connectivity index (χ3n) is 3.58. The molecule has 0 bridgehead atoms. The van der Waals surface area contributed by atoms with E-state index in [4.69, 9.17) is 10.7 Å². The molecule has 0 unspecified atom stereocenters. The van der Waals surface area contributed by atoms with Crippen LogP contribution in [0.2, 0.25) is 0 Å². The number of amides is 1. The van der Waals surface area contributed by atoms with E-state index < -0.39 is 9.05 Å². The zero-order valence-corrected chi connectivity index (χ0v) is 13.8. The lowest BCUT2D eigenvalue weighted by atomic mass is 10.1. The highest BCUT2D eigenvalue weighted by atomic mass is 35.7. The predicted octanol–water partition coefficient (Wildman–Crippen LogP) is 3.26. The van der Waals surface area contributed by atoms with Crippen molar-refractivity contribution in [3.05, 3.63) is 29.8 Å². The molecule has 0 spiro atoms. The highest BCUT2D eigenvalue weighted by Gasteiger charge is 2.32. The van der Waals surface area contributed by atoms with E-state index in [1.165, 1.54) is 24.3 Å². The van der Waals surface area contributed by atoms with Gasteiger partial charge in [0.25, 0.3) is 15.0 Å². The van der Waals surface area contributed by atoms with Crippen LogP contribution in [0.25, 0.3) is 0 Å². The van der Waals surface area contributed by atoms with E-state index in [9.17, 15) is 13.2 Å². The fourth-order valence-electron chi connectivity index (χ4n) is 2.16. The Morgan fingerprint density at radius 1 is 1.29 bits per heavy atom. The number of carbonyl (C=O) groups excluding carboxylic acids is 1. The predicted molar refractivity (Wildman–Crippen MR) is 83.0 cm³/mol. The van der Waals surface area contributed by atoms with E-state index in [2.05, 4.69) is 13.8 Å². The molecule has 21 heavy (non-hydrogen) atoms. The first kappa shape index (κ1) is 16.3. The first-order valence-electron chi connectivity index (χ1n) is 7.14. The van der Waals surface area contributed by atoms with E-state index in [1.807, 2.05) is 4.90 Å². The van der Waals surface area contributed by atoms with E-state index in [0.29, 0.717) is 17.5 Å². The maximum Gasteiger partial charge on any atom is 0.261 e. The van der Waals surface area contributed by atoms with E-state index >= 15 is 0 Å². The Morgan fingerprint density at radius 3 is 2.29 bits per heavy atom. The highest BCUT2D eigenvalue weighted by Crippen LogP contribution is 2.29.